The molecule has 272 valence electrons. The number of carbonyl (C=O) groups excluding carboxylic acids is 2. The Labute approximate surface area is 234 Å². The molecular weight excluding hydrogens is 739 g/mol. The van der Waals surface area contributed by atoms with E-state index in [9.17, 15) is 119 Å². The lowest BCUT2D eigenvalue weighted by Gasteiger charge is -2.45. The van der Waals surface area contributed by atoms with E-state index >= 15 is 0 Å². The predicted octanol–water partition coefficient (Wildman–Crippen LogP) is 8.57. The lowest BCUT2D eigenvalue weighted by atomic mass is 9.85. The van der Waals surface area contributed by atoms with Gasteiger partial charge in [0.25, 0.3) is 0 Å². The fraction of sp³-hybridized carbons (Fsp3) is 0.778. The first-order valence-corrected chi connectivity index (χ1v) is 10.2. The second kappa shape index (κ2) is 11.4. The Morgan fingerprint density at radius 1 is 0.457 bits per heavy atom. The highest BCUT2D eigenvalue weighted by Crippen LogP contribution is 2.67. The van der Waals surface area contributed by atoms with E-state index in [0.29, 0.717) is 0 Å². The van der Waals surface area contributed by atoms with Crippen LogP contribution in [-0.4, -0.2) is 83.8 Å². The van der Waals surface area contributed by atoms with Crippen molar-refractivity contribution in [2.24, 2.45) is 0 Å². The number of ether oxygens (including phenoxy) is 1. The number of aldehydes is 1. The molecule has 0 spiro atoms. The summed E-state index contributed by atoms with van der Waals surface area (Å²) < 4.78 is 336. The topological polar surface area (TPSA) is 43.4 Å². The van der Waals surface area contributed by atoms with Crippen LogP contribution in [0.4, 0.5) is 110 Å². The van der Waals surface area contributed by atoms with E-state index in [1.54, 1.807) is 0 Å². The number of alkyl halides is 25. The SMILES string of the molecule is C=C(CCC=O)C(=O)OC(F)(F)C(F)(F)C(F)(F)C(F)(F)C(F)(F)C(F)(F)C(F)(F)C(F)(F)C(F)(F)C(F)(F)C(F)(F)C(F)(F)F. The van der Waals surface area contributed by atoms with Gasteiger partial charge in [-0.3, -0.25) is 0 Å². The Kier molecular flexibility index (Phi) is 10.7. The lowest BCUT2D eigenvalue weighted by molar-refractivity contribution is -0.487. The van der Waals surface area contributed by atoms with Crippen molar-refractivity contribution in [2.45, 2.75) is 84.4 Å². The number of rotatable bonds is 15. The van der Waals surface area contributed by atoms with Gasteiger partial charge in [-0.05, 0) is 6.42 Å². The second-order valence-corrected chi connectivity index (χ2v) is 8.46. The fourth-order valence-electron chi connectivity index (χ4n) is 2.53. The van der Waals surface area contributed by atoms with Gasteiger partial charge in [0.1, 0.15) is 6.29 Å². The minimum Gasteiger partial charge on any atom is -0.393 e. The third kappa shape index (κ3) is 5.56. The Bertz CT molecular complexity index is 1160. The molecule has 28 heteroatoms. The molecule has 0 saturated heterocycles. The largest absolute Gasteiger partial charge is 0.473 e. The van der Waals surface area contributed by atoms with Crippen molar-refractivity contribution in [3.63, 3.8) is 0 Å². The van der Waals surface area contributed by atoms with Gasteiger partial charge < -0.3 is 9.53 Å². The van der Waals surface area contributed by atoms with E-state index in [2.05, 4.69) is 11.3 Å². The Morgan fingerprint density at radius 3 is 0.935 bits per heavy atom. The number of hydrogen-bond acceptors (Lipinski definition) is 3. The average molecular weight is 746 g/mol. The molecule has 0 aliphatic carbocycles. The van der Waals surface area contributed by atoms with Crippen LogP contribution >= 0.6 is 0 Å². The fourth-order valence-corrected chi connectivity index (χ4v) is 2.53. The summed E-state index contributed by atoms with van der Waals surface area (Å²) in [6, 6.07) is 0. The highest BCUT2D eigenvalue weighted by atomic mass is 19.4. The van der Waals surface area contributed by atoms with Gasteiger partial charge in [-0.15, -0.1) is 0 Å². The third-order valence-electron chi connectivity index (χ3n) is 5.34. The maximum atomic E-state index is 13.8. The van der Waals surface area contributed by atoms with Gasteiger partial charge in [0.2, 0.25) is 0 Å². The summed E-state index contributed by atoms with van der Waals surface area (Å²) in [5.74, 6) is -96.1. The molecule has 0 radical (unpaired) electrons. The van der Waals surface area contributed by atoms with Crippen molar-refractivity contribution in [2.75, 3.05) is 0 Å². The number of halogens is 25. The molecular formula is C18H7F25O3. The summed E-state index contributed by atoms with van der Waals surface area (Å²) in [7, 11) is 0. The van der Waals surface area contributed by atoms with Crippen LogP contribution in [0.25, 0.3) is 0 Å². The minimum absolute atomic E-state index is 0.180. The van der Waals surface area contributed by atoms with E-state index < -0.39 is 95.9 Å². The maximum Gasteiger partial charge on any atom is 0.473 e. The van der Waals surface area contributed by atoms with Crippen LogP contribution in [0.15, 0.2) is 12.2 Å². The molecule has 0 unspecified atom stereocenters. The van der Waals surface area contributed by atoms with Crippen LogP contribution in [0, 0.1) is 0 Å². The summed E-state index contributed by atoms with van der Waals surface area (Å²) in [6.45, 7) is 2.41. The molecule has 46 heavy (non-hydrogen) atoms. The normalized spacial score (nSPS) is 15.9. The highest BCUT2D eigenvalue weighted by molar-refractivity contribution is 5.88. The average Bonchev–Trinajstić information content (AvgIpc) is 2.84. The third-order valence-corrected chi connectivity index (χ3v) is 5.34. The van der Waals surface area contributed by atoms with Gasteiger partial charge in [0, 0.05) is 12.0 Å². The van der Waals surface area contributed by atoms with Crippen LogP contribution in [0.1, 0.15) is 12.8 Å². The molecule has 0 aromatic carbocycles. The van der Waals surface area contributed by atoms with Gasteiger partial charge >= 0.3 is 77.5 Å². The van der Waals surface area contributed by atoms with Crippen LogP contribution < -0.4 is 0 Å². The molecule has 0 bridgehead atoms. The molecule has 0 aliphatic heterocycles. The Hall–Kier alpha value is -2.87. The van der Waals surface area contributed by atoms with Gasteiger partial charge in [0.05, 0.1) is 0 Å². The van der Waals surface area contributed by atoms with Gasteiger partial charge in [-0.25, -0.2) is 4.79 Å². The van der Waals surface area contributed by atoms with Crippen molar-refractivity contribution in [1.82, 2.24) is 0 Å². The zero-order chi connectivity index (χ0) is 38.0. The maximum absolute atomic E-state index is 13.8. The van der Waals surface area contributed by atoms with Crippen LogP contribution in [0.3, 0.4) is 0 Å². The molecule has 3 nitrogen and oxygen atoms in total. The zero-order valence-electron chi connectivity index (χ0n) is 20.4. The summed E-state index contributed by atoms with van der Waals surface area (Å²) in [5.41, 5.74) is -1.61. The van der Waals surface area contributed by atoms with Crippen molar-refractivity contribution in [3.8, 4) is 0 Å². The van der Waals surface area contributed by atoms with Gasteiger partial charge in [-0.1, -0.05) is 6.58 Å². The molecule has 0 aromatic rings. The second-order valence-electron chi connectivity index (χ2n) is 8.46. The molecule has 0 rings (SSSR count). The number of esters is 1. The molecule has 0 heterocycles. The van der Waals surface area contributed by atoms with Crippen molar-refractivity contribution < 1.29 is 124 Å². The van der Waals surface area contributed by atoms with Crippen molar-refractivity contribution >= 4 is 12.3 Å². The quantitative estimate of drug-likeness (QED) is 0.0731. The van der Waals surface area contributed by atoms with Gasteiger partial charge in [0.15, 0.2) is 0 Å². The van der Waals surface area contributed by atoms with E-state index in [1.165, 1.54) is 0 Å². The first-order valence-electron chi connectivity index (χ1n) is 10.2. The monoisotopic (exact) mass is 746 g/mol. The van der Waals surface area contributed by atoms with Crippen LogP contribution in [-0.2, 0) is 14.3 Å². The molecule has 0 N–H and O–H groups in total. The first kappa shape index (κ1) is 43.1. The van der Waals surface area contributed by atoms with E-state index in [4.69, 9.17) is 0 Å². The van der Waals surface area contributed by atoms with E-state index in [1.807, 2.05) is 0 Å². The van der Waals surface area contributed by atoms with Crippen molar-refractivity contribution in [3.05, 3.63) is 12.2 Å². The summed E-state index contributed by atoms with van der Waals surface area (Å²) in [5, 5.41) is 0. The molecule has 0 amide bonds. The smallest absolute Gasteiger partial charge is 0.393 e. The lowest BCUT2D eigenvalue weighted by Crippen LogP contribution is -2.78. The van der Waals surface area contributed by atoms with Crippen LogP contribution in [0.5, 0.6) is 0 Å². The Morgan fingerprint density at radius 2 is 0.696 bits per heavy atom. The van der Waals surface area contributed by atoms with Crippen molar-refractivity contribution in [1.29, 1.82) is 0 Å². The molecule has 0 aromatic heterocycles. The molecule has 0 saturated carbocycles. The summed E-state index contributed by atoms with van der Waals surface area (Å²) in [4.78, 5) is 21.3. The predicted molar refractivity (Wildman–Crippen MR) is 91.0 cm³/mol. The first-order chi connectivity index (χ1) is 19.6. The minimum atomic E-state index is -9.70. The van der Waals surface area contributed by atoms with Gasteiger partial charge in [-0.2, -0.15) is 110 Å². The van der Waals surface area contributed by atoms with E-state index in [-0.39, 0.29) is 6.29 Å². The highest BCUT2D eigenvalue weighted by Gasteiger charge is 2.99. The standard InChI is InChI=1S/C18H7F25O3/c1-5(3-2-4-44)6(45)46-18(42,43)16(37,38)14(33,34)12(29,30)10(25,26)8(21,22)7(19,20)9(23,24)11(27,28)13(31,32)15(35,36)17(39,40)41/h4H,1-3H2. The molecule has 0 aliphatic rings. The zero-order valence-corrected chi connectivity index (χ0v) is 20.4. The summed E-state index contributed by atoms with van der Waals surface area (Å²) in [6.07, 6.45) is -18.2. The molecule has 0 atom stereocenters. The number of hydrogen-bond donors (Lipinski definition) is 0. The Balaban J connectivity index is 7.20. The summed E-state index contributed by atoms with van der Waals surface area (Å²) >= 11 is 0. The van der Waals surface area contributed by atoms with E-state index in [0.717, 1.165) is 0 Å². The molecule has 0 fully saturated rings. The van der Waals surface area contributed by atoms with Crippen LogP contribution in [0.2, 0.25) is 0 Å². The number of carbonyl (C=O) groups is 2.